The van der Waals surface area contributed by atoms with Crippen molar-refractivity contribution in [3.8, 4) is 0 Å². The van der Waals surface area contributed by atoms with Gasteiger partial charge >= 0.3 is 0 Å². The normalized spacial score (nSPS) is 13.1. The third kappa shape index (κ3) is 6.28. The summed E-state index contributed by atoms with van der Waals surface area (Å²) in [6.45, 7) is 2.85. The summed E-state index contributed by atoms with van der Waals surface area (Å²) in [5.41, 5.74) is 8.68. The predicted octanol–water partition coefficient (Wildman–Crippen LogP) is 4.62. The number of rotatable bonds is 8. The number of pyridine rings is 1. The second-order valence-electron chi connectivity index (χ2n) is 6.98. The molecule has 0 saturated heterocycles. The van der Waals surface area contributed by atoms with Crippen LogP contribution in [0.4, 0.5) is 4.39 Å². The number of benzene rings is 2. The predicted molar refractivity (Wildman–Crippen MR) is 113 cm³/mol. The Kier molecular flexibility index (Phi) is 8.17. The highest BCUT2D eigenvalue weighted by atomic mass is 35.5. The van der Waals surface area contributed by atoms with Gasteiger partial charge in [-0.3, -0.25) is 4.98 Å². The average Bonchev–Trinajstić information content (AvgIpc) is 2.66. The van der Waals surface area contributed by atoms with Gasteiger partial charge in [-0.1, -0.05) is 42.5 Å². The van der Waals surface area contributed by atoms with Crippen LogP contribution in [0.2, 0.25) is 0 Å². The van der Waals surface area contributed by atoms with Crippen molar-refractivity contribution in [2.75, 3.05) is 0 Å². The summed E-state index contributed by atoms with van der Waals surface area (Å²) in [7, 11) is 0. The molecule has 0 aliphatic carbocycles. The van der Waals surface area contributed by atoms with Crippen LogP contribution < -0.4 is 11.1 Å². The Morgan fingerprint density at radius 3 is 2.63 bits per heavy atom. The average molecular weight is 388 g/mol. The van der Waals surface area contributed by atoms with E-state index in [1.807, 2.05) is 24.3 Å². The lowest BCUT2D eigenvalue weighted by Crippen LogP contribution is -2.33. The van der Waals surface area contributed by atoms with Gasteiger partial charge in [0.1, 0.15) is 5.82 Å². The van der Waals surface area contributed by atoms with Crippen molar-refractivity contribution in [2.45, 2.75) is 44.8 Å². The summed E-state index contributed by atoms with van der Waals surface area (Å²) >= 11 is 0. The second kappa shape index (κ2) is 10.4. The zero-order valence-corrected chi connectivity index (χ0v) is 16.4. The molecule has 5 heteroatoms. The maximum absolute atomic E-state index is 13.9. The smallest absolute Gasteiger partial charge is 0.149 e. The molecule has 3 N–H and O–H groups in total. The fourth-order valence-electron chi connectivity index (χ4n) is 3.23. The highest BCUT2D eigenvalue weighted by molar-refractivity contribution is 5.85. The Hall–Kier alpha value is -2.01. The van der Waals surface area contributed by atoms with Gasteiger partial charge in [0.2, 0.25) is 0 Å². The van der Waals surface area contributed by atoms with Gasteiger partial charge in [0.05, 0.1) is 6.20 Å². The van der Waals surface area contributed by atoms with Gasteiger partial charge in [-0.2, -0.15) is 0 Å². The van der Waals surface area contributed by atoms with E-state index in [4.69, 9.17) is 5.73 Å². The van der Waals surface area contributed by atoms with Crippen molar-refractivity contribution in [3.05, 3.63) is 77.9 Å². The van der Waals surface area contributed by atoms with Crippen molar-refractivity contribution in [1.29, 1.82) is 0 Å². The van der Waals surface area contributed by atoms with Crippen LogP contribution in [0.25, 0.3) is 10.8 Å². The largest absolute Gasteiger partial charge is 0.328 e. The number of aromatic nitrogens is 1. The van der Waals surface area contributed by atoms with Crippen LogP contribution in [0.15, 0.2) is 60.9 Å². The van der Waals surface area contributed by atoms with E-state index >= 15 is 0 Å². The van der Waals surface area contributed by atoms with Crippen LogP contribution in [0.5, 0.6) is 0 Å². The van der Waals surface area contributed by atoms with Crippen molar-refractivity contribution in [3.63, 3.8) is 0 Å². The number of hydrogen-bond acceptors (Lipinski definition) is 3. The van der Waals surface area contributed by atoms with Gasteiger partial charge < -0.3 is 11.1 Å². The molecule has 2 atom stereocenters. The van der Waals surface area contributed by atoms with Crippen LogP contribution in [0, 0.1) is 5.82 Å². The molecule has 0 fully saturated rings. The van der Waals surface area contributed by atoms with Crippen molar-refractivity contribution in [2.24, 2.45) is 5.73 Å². The molecule has 144 valence electrons. The minimum Gasteiger partial charge on any atom is -0.328 e. The lowest BCUT2D eigenvalue weighted by molar-refractivity contribution is 0.447. The SMILES string of the molecule is C[C@H](CC(N)CCc1ccccc1)NCc1ccc2cncc(F)c2c1.Cl. The molecule has 0 bridgehead atoms. The number of nitrogens with zero attached hydrogens (tertiary/aromatic N) is 1. The molecule has 0 spiro atoms. The minimum atomic E-state index is -0.277. The molecule has 0 aliphatic rings. The number of fused-ring (bicyclic) bond motifs is 1. The molecule has 2 aromatic carbocycles. The van der Waals surface area contributed by atoms with E-state index in [-0.39, 0.29) is 24.3 Å². The maximum atomic E-state index is 13.9. The van der Waals surface area contributed by atoms with Gasteiger partial charge in [-0.05, 0) is 43.4 Å². The molecule has 0 aliphatic heterocycles. The summed E-state index contributed by atoms with van der Waals surface area (Å²) in [6.07, 6.45) is 5.84. The first kappa shape index (κ1) is 21.3. The van der Waals surface area contributed by atoms with E-state index < -0.39 is 0 Å². The maximum Gasteiger partial charge on any atom is 0.149 e. The first-order valence-corrected chi connectivity index (χ1v) is 9.17. The molecule has 1 aromatic heterocycles. The van der Waals surface area contributed by atoms with Gasteiger partial charge in [0.15, 0.2) is 0 Å². The van der Waals surface area contributed by atoms with Crippen molar-refractivity contribution < 1.29 is 4.39 Å². The van der Waals surface area contributed by atoms with Gasteiger partial charge in [-0.15, -0.1) is 12.4 Å². The molecule has 27 heavy (non-hydrogen) atoms. The van der Waals surface area contributed by atoms with E-state index in [0.29, 0.717) is 18.0 Å². The second-order valence-corrected chi connectivity index (χ2v) is 6.98. The monoisotopic (exact) mass is 387 g/mol. The first-order valence-electron chi connectivity index (χ1n) is 9.17. The van der Waals surface area contributed by atoms with Gasteiger partial charge in [0.25, 0.3) is 0 Å². The Bertz CT molecular complexity index is 841. The zero-order valence-electron chi connectivity index (χ0n) is 15.6. The first-order chi connectivity index (χ1) is 12.6. The third-order valence-electron chi connectivity index (χ3n) is 4.73. The van der Waals surface area contributed by atoms with E-state index in [1.165, 1.54) is 11.8 Å². The van der Waals surface area contributed by atoms with Crippen LogP contribution in [-0.2, 0) is 13.0 Å². The molecule has 3 nitrogen and oxygen atoms in total. The number of nitrogens with two attached hydrogens (primary N) is 1. The molecule has 0 amide bonds. The van der Waals surface area contributed by atoms with E-state index in [2.05, 4.69) is 41.5 Å². The lowest BCUT2D eigenvalue weighted by Gasteiger charge is -2.19. The zero-order chi connectivity index (χ0) is 18.4. The molecule has 0 radical (unpaired) electrons. The Morgan fingerprint density at radius 1 is 1.07 bits per heavy atom. The highest BCUT2D eigenvalue weighted by Gasteiger charge is 2.10. The Labute approximate surface area is 166 Å². The van der Waals surface area contributed by atoms with Crippen LogP contribution in [0.3, 0.4) is 0 Å². The van der Waals surface area contributed by atoms with Gasteiger partial charge in [0, 0.05) is 35.6 Å². The number of aryl methyl sites for hydroxylation is 1. The van der Waals surface area contributed by atoms with Crippen molar-refractivity contribution in [1.82, 2.24) is 10.3 Å². The molecule has 1 unspecified atom stereocenters. The van der Waals surface area contributed by atoms with E-state index in [1.54, 1.807) is 6.20 Å². The standard InChI is InChI=1S/C22H26FN3.ClH/c1-16(11-20(24)10-8-17-5-3-2-4-6-17)26-13-18-7-9-19-14-25-15-22(23)21(19)12-18;/h2-7,9,12,14-16,20,26H,8,10-11,13,24H2,1H3;1H/t16-,20?;/m1./s1. The molecule has 3 rings (SSSR count). The summed E-state index contributed by atoms with van der Waals surface area (Å²) < 4.78 is 13.9. The van der Waals surface area contributed by atoms with Crippen LogP contribution in [0.1, 0.15) is 30.9 Å². The number of hydrogen-bond donors (Lipinski definition) is 2. The molecular weight excluding hydrogens is 361 g/mol. The fraction of sp³-hybridized carbons (Fsp3) is 0.318. The molecule has 3 aromatic rings. The van der Waals surface area contributed by atoms with E-state index in [9.17, 15) is 4.39 Å². The minimum absolute atomic E-state index is 0. The summed E-state index contributed by atoms with van der Waals surface area (Å²) in [6, 6.07) is 16.7. The quantitative estimate of drug-likeness (QED) is 0.592. The Morgan fingerprint density at radius 2 is 1.85 bits per heavy atom. The molecular formula is C22H27ClFN3. The van der Waals surface area contributed by atoms with Gasteiger partial charge in [-0.25, -0.2) is 4.39 Å². The lowest BCUT2D eigenvalue weighted by atomic mass is 10.0. The third-order valence-corrected chi connectivity index (χ3v) is 4.73. The van der Waals surface area contributed by atoms with Crippen molar-refractivity contribution >= 4 is 23.2 Å². The van der Waals surface area contributed by atoms with E-state index in [0.717, 1.165) is 30.2 Å². The fourth-order valence-corrected chi connectivity index (χ4v) is 3.23. The highest BCUT2D eigenvalue weighted by Crippen LogP contribution is 2.18. The van der Waals surface area contributed by atoms with Crippen LogP contribution in [-0.4, -0.2) is 17.1 Å². The summed E-state index contributed by atoms with van der Waals surface area (Å²) in [5, 5.41) is 4.94. The molecule has 1 heterocycles. The number of nitrogens with one attached hydrogen (secondary N) is 1. The summed E-state index contributed by atoms with van der Waals surface area (Å²) in [5.74, 6) is -0.277. The topological polar surface area (TPSA) is 50.9 Å². The molecule has 0 saturated carbocycles. The summed E-state index contributed by atoms with van der Waals surface area (Å²) in [4.78, 5) is 3.88. The van der Waals surface area contributed by atoms with Crippen LogP contribution >= 0.6 is 12.4 Å². The Balaban J connectivity index is 0.00000261. The number of halogens is 2.